The van der Waals surface area contributed by atoms with Crippen LogP contribution in [0.4, 0.5) is 20.5 Å². The Hall–Kier alpha value is -3.50. The third-order valence-electron chi connectivity index (χ3n) is 7.45. The number of hydrogen-bond donors (Lipinski definition) is 5. The van der Waals surface area contributed by atoms with Crippen LogP contribution >= 0.6 is 15.4 Å². The Kier molecular flexibility index (Phi) is 7.67. The Morgan fingerprint density at radius 3 is 2.26 bits per heavy atom. The highest BCUT2D eigenvalue weighted by atomic mass is 31.2. The van der Waals surface area contributed by atoms with Gasteiger partial charge in [0.15, 0.2) is 47.4 Å². The number of H-pyrrole nitrogens is 1. The summed E-state index contributed by atoms with van der Waals surface area (Å²) in [5, 5.41) is 0. The molecule has 10 atom stereocenters. The summed E-state index contributed by atoms with van der Waals surface area (Å²) in [6.45, 7) is -1.72. The van der Waals surface area contributed by atoms with Gasteiger partial charge in [-0.2, -0.15) is 4.98 Å². The molecule has 0 amide bonds. The number of rotatable bonds is 2. The van der Waals surface area contributed by atoms with Gasteiger partial charge in [-0.25, -0.2) is 33.3 Å². The summed E-state index contributed by atoms with van der Waals surface area (Å²) < 4.78 is 92.1. The Balaban J connectivity index is 1.16. The maximum Gasteiger partial charge on any atom is 0.472 e. The number of aromatic nitrogens is 8. The van der Waals surface area contributed by atoms with Crippen molar-refractivity contribution in [3.05, 3.63) is 29.3 Å². The van der Waals surface area contributed by atoms with Gasteiger partial charge in [-0.1, -0.05) is 0 Å². The van der Waals surface area contributed by atoms with E-state index in [1.807, 2.05) is 0 Å². The van der Waals surface area contributed by atoms with Gasteiger partial charge < -0.3 is 40.0 Å². The number of aromatic amines is 1. The van der Waals surface area contributed by atoms with Crippen LogP contribution in [-0.4, -0.2) is 105 Å². The van der Waals surface area contributed by atoms with Gasteiger partial charge in [0.2, 0.25) is 5.95 Å². The van der Waals surface area contributed by atoms with E-state index in [0.29, 0.717) is 0 Å². The van der Waals surface area contributed by atoms with E-state index in [1.165, 1.54) is 0 Å². The third-order valence-corrected chi connectivity index (χ3v) is 9.46. The molecule has 0 radical (unpaired) electrons. The van der Waals surface area contributed by atoms with Crippen molar-refractivity contribution in [1.82, 2.24) is 39.0 Å². The van der Waals surface area contributed by atoms with Crippen molar-refractivity contribution in [3.8, 4) is 0 Å². The molecule has 0 saturated carbocycles. The van der Waals surface area contributed by atoms with Crippen molar-refractivity contribution in [2.45, 2.75) is 49.2 Å². The van der Waals surface area contributed by atoms with Gasteiger partial charge >= 0.3 is 15.4 Å². The zero-order valence-corrected chi connectivity index (χ0v) is 24.8. The van der Waals surface area contributed by atoms with E-state index in [4.69, 9.17) is 39.2 Å². The molecule has 3 aliphatic rings. The first kappa shape index (κ1) is 31.1. The summed E-state index contributed by atoms with van der Waals surface area (Å²) in [4.78, 5) is 55.2. The van der Waals surface area contributed by atoms with Crippen LogP contribution in [0.5, 0.6) is 0 Å². The fourth-order valence-corrected chi connectivity index (χ4v) is 7.14. The molecule has 6 unspecified atom stereocenters. The third kappa shape index (κ3) is 5.47. The van der Waals surface area contributed by atoms with E-state index >= 15 is 8.78 Å². The Bertz CT molecular complexity index is 1960. The molecule has 21 nitrogen and oxygen atoms in total. The van der Waals surface area contributed by atoms with Crippen molar-refractivity contribution in [2.24, 2.45) is 0 Å². The Morgan fingerprint density at radius 2 is 1.52 bits per heavy atom. The van der Waals surface area contributed by atoms with Gasteiger partial charge in [-0.15, -0.1) is 0 Å². The maximum atomic E-state index is 15.9. The fraction of sp³-hybridized carbons (Fsp3) is 0.524. The van der Waals surface area contributed by atoms with Crippen LogP contribution in [0.2, 0.25) is 0 Å². The van der Waals surface area contributed by atoms with Crippen LogP contribution in [-0.2, 0) is 36.9 Å². The monoisotopic (exact) mass is 692 g/mol. The van der Waals surface area contributed by atoms with E-state index < -0.39 is 89.8 Å². The molecule has 25 heteroatoms. The van der Waals surface area contributed by atoms with Gasteiger partial charge in [-0.3, -0.25) is 32.5 Å². The quantitative estimate of drug-likeness (QED) is 0.168. The van der Waals surface area contributed by atoms with Gasteiger partial charge in [0.1, 0.15) is 42.6 Å². The number of nitrogens with two attached hydrogens (primary N) is 2. The number of phosphoric acid groups is 1. The van der Waals surface area contributed by atoms with Crippen molar-refractivity contribution in [2.75, 3.05) is 31.0 Å². The minimum absolute atomic E-state index is 0.00533. The number of imidazole rings is 2. The Morgan fingerprint density at radius 1 is 0.891 bits per heavy atom. The second-order valence-electron chi connectivity index (χ2n) is 10.4. The minimum Gasteiger partial charge on any atom is -0.382 e. The molecule has 7 N–H and O–H groups in total. The summed E-state index contributed by atoms with van der Waals surface area (Å²) in [5.74, 6) is -0.304. The number of phosphoric ester groups is 1. The van der Waals surface area contributed by atoms with Crippen LogP contribution in [0.25, 0.3) is 22.3 Å². The summed E-state index contributed by atoms with van der Waals surface area (Å²) in [6.07, 6.45) is -12.0. The van der Waals surface area contributed by atoms with Crippen molar-refractivity contribution < 1.29 is 55.5 Å². The fourth-order valence-electron chi connectivity index (χ4n) is 5.37. The lowest BCUT2D eigenvalue weighted by Crippen LogP contribution is -2.35. The lowest BCUT2D eigenvalue weighted by molar-refractivity contribution is -0.0580. The van der Waals surface area contributed by atoms with Crippen LogP contribution in [0.3, 0.4) is 0 Å². The van der Waals surface area contributed by atoms with Crippen molar-refractivity contribution in [1.29, 1.82) is 0 Å². The number of nitrogens with one attached hydrogen (secondary N) is 1. The van der Waals surface area contributed by atoms with Crippen molar-refractivity contribution >= 4 is 49.5 Å². The number of nitrogens with zero attached hydrogens (tertiary/aromatic N) is 7. The van der Waals surface area contributed by atoms with Crippen LogP contribution < -0.4 is 17.0 Å². The lowest BCUT2D eigenvalue weighted by Gasteiger charge is -2.23. The van der Waals surface area contributed by atoms with Crippen LogP contribution in [0.15, 0.2) is 23.8 Å². The first-order valence-electron chi connectivity index (χ1n) is 13.3. The van der Waals surface area contributed by atoms with Gasteiger partial charge in [0.05, 0.1) is 25.9 Å². The van der Waals surface area contributed by atoms with Crippen molar-refractivity contribution in [3.63, 3.8) is 0 Å². The highest BCUT2D eigenvalue weighted by Gasteiger charge is 2.53. The van der Waals surface area contributed by atoms with Gasteiger partial charge in [-0.05, 0) is 0 Å². The lowest BCUT2D eigenvalue weighted by atomic mass is 10.1. The zero-order valence-electron chi connectivity index (χ0n) is 23.0. The molecule has 0 spiro atoms. The van der Waals surface area contributed by atoms with E-state index in [9.17, 15) is 23.7 Å². The second-order valence-corrected chi connectivity index (χ2v) is 13.6. The molecule has 3 fully saturated rings. The number of alkyl halides is 2. The molecule has 0 aromatic carbocycles. The van der Waals surface area contributed by atoms with E-state index in [-0.39, 0.29) is 34.1 Å². The standard InChI is InChI=1S/C21H24F2N10O11P2/c22-9-13-7(42-19(9)33-5-29-12-17(33)30-21(25)31-18(12)34)2-41-46(37,38)44-14-8(1-40-45(35,36)6-39-13)43-20(10(14)23)32-4-28-11-15(24)26-3-27-16(11)32/h3-5,7-10,13-14,19-20H,1-2,6H2,(H,35,36)(H,37,38)(H2,24,26,27)(H3,25,30,31,34)/t7-,8-,9?,10?,13?,14?,19-,20-/m1/s1. The number of nitrogen functional groups attached to an aromatic ring is 2. The Labute approximate surface area is 253 Å². The van der Waals surface area contributed by atoms with Gasteiger partial charge in [0.25, 0.3) is 5.56 Å². The highest BCUT2D eigenvalue weighted by molar-refractivity contribution is 7.52. The average Bonchev–Trinajstić information content (AvgIpc) is 3.75. The molecule has 4 aromatic heterocycles. The molecule has 3 aliphatic heterocycles. The molecule has 0 bridgehead atoms. The normalized spacial score (nSPS) is 37.4. The summed E-state index contributed by atoms with van der Waals surface area (Å²) >= 11 is 0. The van der Waals surface area contributed by atoms with E-state index in [1.54, 1.807) is 0 Å². The molecule has 7 rings (SSSR count). The molecular formula is C21H24F2N10O11P2. The predicted octanol–water partition coefficient (Wildman–Crippen LogP) is -0.345. The van der Waals surface area contributed by atoms with Crippen LogP contribution in [0.1, 0.15) is 12.5 Å². The maximum absolute atomic E-state index is 15.9. The number of halogens is 2. The molecule has 248 valence electrons. The number of ether oxygens (including phenoxy) is 3. The molecular weight excluding hydrogens is 668 g/mol. The summed E-state index contributed by atoms with van der Waals surface area (Å²) in [7, 11) is -9.89. The molecule has 7 heterocycles. The molecule has 3 saturated heterocycles. The SMILES string of the molecule is Nc1nc2c(ncn2[C@@H]2O[C@@H]3COP(=O)(O)OC4C(F)[C@H](n5cnc6c(N)ncnc65)O[C@@H]4COP(=O)(O)COC3C2F)c(=O)[nH]1. The smallest absolute Gasteiger partial charge is 0.382 e. The minimum atomic E-state index is -5.18. The zero-order chi connectivity index (χ0) is 32.5. The van der Waals surface area contributed by atoms with E-state index in [2.05, 4.69) is 29.9 Å². The number of hydrogen-bond acceptors (Lipinski definition) is 16. The largest absolute Gasteiger partial charge is 0.472 e. The summed E-state index contributed by atoms with van der Waals surface area (Å²) in [6, 6.07) is 0. The predicted molar refractivity (Wildman–Crippen MR) is 146 cm³/mol. The number of fused-ring (bicyclic) bond motifs is 4. The molecule has 4 aromatic rings. The first-order chi connectivity index (χ1) is 21.8. The second kappa shape index (κ2) is 11.3. The molecule has 46 heavy (non-hydrogen) atoms. The number of anilines is 2. The topological polar surface area (TPSA) is 289 Å². The summed E-state index contributed by atoms with van der Waals surface area (Å²) in [5.41, 5.74) is 10.5. The van der Waals surface area contributed by atoms with Crippen LogP contribution in [0, 0.1) is 0 Å². The first-order valence-corrected chi connectivity index (χ1v) is 16.6. The highest BCUT2D eigenvalue weighted by Crippen LogP contribution is 2.52. The van der Waals surface area contributed by atoms with Gasteiger partial charge in [0, 0.05) is 0 Å². The van der Waals surface area contributed by atoms with E-state index in [0.717, 1.165) is 28.1 Å². The average molecular weight is 692 g/mol. The molecule has 0 aliphatic carbocycles.